The van der Waals surface area contributed by atoms with E-state index in [1.54, 1.807) is 6.92 Å². The molecule has 0 bridgehead atoms. The second-order valence-electron chi connectivity index (χ2n) is 3.43. The zero-order valence-electron chi connectivity index (χ0n) is 9.71. The molecule has 0 amide bonds. The maximum atomic E-state index is 13.6. The number of nitrogens with two attached hydrogens (primary N) is 1. The molecule has 3 nitrogen and oxygen atoms in total. The molecule has 1 heterocycles. The Morgan fingerprint density at radius 2 is 2.22 bits per heavy atom. The number of hydrogen-bond acceptors (Lipinski definition) is 4. The lowest BCUT2D eigenvalue weighted by atomic mass is 10.1. The van der Waals surface area contributed by atoms with Gasteiger partial charge >= 0.3 is 11.9 Å². The fraction of sp³-hybridized carbons (Fsp3) is 0.500. The molecule has 1 aromatic rings. The summed E-state index contributed by atoms with van der Waals surface area (Å²) in [5, 5.41) is 0. The van der Waals surface area contributed by atoms with Crippen molar-refractivity contribution in [3.63, 3.8) is 0 Å². The Hall–Kier alpha value is -0.240. The topological polar surface area (TPSA) is 52.3 Å². The molecule has 0 fully saturated rings. The van der Waals surface area contributed by atoms with E-state index in [1.807, 2.05) is 0 Å². The van der Waals surface area contributed by atoms with Crippen molar-refractivity contribution < 1.29 is 18.3 Å². The van der Waals surface area contributed by atoms with Gasteiger partial charge < -0.3 is 10.5 Å². The molecule has 0 saturated carbocycles. The largest absolute Gasteiger partial charge is 0.462 e. The molecule has 0 unspecified atom stereocenters. The summed E-state index contributed by atoms with van der Waals surface area (Å²) in [6.45, 7) is 3.12. The monoisotopic (exact) mass is 363 g/mol. The maximum Gasteiger partial charge on any atom is 0.379 e. The maximum absolute atomic E-state index is 13.6. The second kappa shape index (κ2) is 6.79. The van der Waals surface area contributed by atoms with E-state index in [-0.39, 0.29) is 23.9 Å². The molecule has 2 N–H and O–H groups in total. The zero-order valence-corrected chi connectivity index (χ0v) is 12.9. The first kappa shape index (κ1) is 17.8. The van der Waals surface area contributed by atoms with Crippen LogP contribution in [-0.2, 0) is 9.53 Å². The first-order valence-corrected chi connectivity index (χ1v) is 6.48. The van der Waals surface area contributed by atoms with Crippen molar-refractivity contribution in [3.05, 3.63) is 20.3 Å². The fourth-order valence-electron chi connectivity index (χ4n) is 1.17. The third kappa shape index (κ3) is 3.63. The van der Waals surface area contributed by atoms with E-state index in [1.165, 1.54) is 13.0 Å². The van der Waals surface area contributed by atoms with Crippen LogP contribution < -0.4 is 5.73 Å². The van der Waals surface area contributed by atoms with E-state index in [2.05, 4.69) is 20.7 Å². The van der Waals surface area contributed by atoms with Crippen LogP contribution in [0.5, 0.6) is 0 Å². The predicted octanol–water partition coefficient (Wildman–Crippen LogP) is 3.44. The van der Waals surface area contributed by atoms with Gasteiger partial charge in [-0.05, 0) is 41.4 Å². The first-order chi connectivity index (χ1) is 7.80. The van der Waals surface area contributed by atoms with Crippen LogP contribution in [-0.4, -0.2) is 18.5 Å². The van der Waals surface area contributed by atoms with Crippen LogP contribution in [0.2, 0.25) is 0 Å². The number of alkyl halides is 2. The Morgan fingerprint density at radius 3 is 2.61 bits per heavy atom. The smallest absolute Gasteiger partial charge is 0.379 e. The van der Waals surface area contributed by atoms with E-state index in [4.69, 9.17) is 5.73 Å². The minimum atomic E-state index is -3.72. The Bertz CT molecular complexity index is 409. The molecule has 0 spiro atoms. The average Bonchev–Trinajstić information content (AvgIpc) is 2.58. The molecular formula is C10H13BrClF2NO2S. The van der Waals surface area contributed by atoms with Crippen molar-refractivity contribution in [2.75, 3.05) is 6.61 Å². The Kier molecular flexibility index (Phi) is 6.70. The quantitative estimate of drug-likeness (QED) is 0.833. The number of carbonyl (C=O) groups excluding carboxylic acids is 1. The standard InChI is InChI=1S/C10H12BrF2NO2S.ClH/c1-3-16-9(15)10(12,13)7(14)6-4-5(2)8(11)17-6;/h4,7H,3,14H2,1-2H3;1H/t7-;/m0./s1. The summed E-state index contributed by atoms with van der Waals surface area (Å²) >= 11 is 4.31. The van der Waals surface area contributed by atoms with Gasteiger partial charge in [-0.25, -0.2) is 4.79 Å². The van der Waals surface area contributed by atoms with Crippen LogP contribution in [0, 0.1) is 6.92 Å². The van der Waals surface area contributed by atoms with Crippen LogP contribution >= 0.6 is 39.7 Å². The van der Waals surface area contributed by atoms with Crippen LogP contribution in [0.1, 0.15) is 23.4 Å². The summed E-state index contributed by atoms with van der Waals surface area (Å²) in [6, 6.07) is -0.149. The number of carbonyl (C=O) groups is 1. The van der Waals surface area contributed by atoms with E-state index in [9.17, 15) is 13.6 Å². The van der Waals surface area contributed by atoms with Crippen molar-refractivity contribution in [1.29, 1.82) is 0 Å². The molecule has 0 aliphatic rings. The van der Waals surface area contributed by atoms with Gasteiger partial charge in [0.15, 0.2) is 0 Å². The highest BCUT2D eigenvalue weighted by Gasteiger charge is 2.48. The summed E-state index contributed by atoms with van der Waals surface area (Å²) in [4.78, 5) is 11.4. The van der Waals surface area contributed by atoms with E-state index < -0.39 is 17.9 Å². The lowest BCUT2D eigenvalue weighted by Crippen LogP contribution is -2.41. The SMILES string of the molecule is CCOC(=O)C(F)(F)[C@@H](N)c1cc(C)c(Br)s1.Cl. The normalized spacial score (nSPS) is 12.8. The van der Waals surface area contributed by atoms with Crippen molar-refractivity contribution >= 4 is 45.6 Å². The molecule has 1 atom stereocenters. The Labute approximate surface area is 122 Å². The minimum absolute atomic E-state index is 0. The molecule has 0 aliphatic heterocycles. The van der Waals surface area contributed by atoms with E-state index in [0.717, 1.165) is 20.7 Å². The minimum Gasteiger partial charge on any atom is -0.462 e. The van der Waals surface area contributed by atoms with Crippen LogP contribution in [0.4, 0.5) is 8.78 Å². The van der Waals surface area contributed by atoms with Crippen molar-refractivity contribution in [2.24, 2.45) is 5.73 Å². The third-order valence-corrected chi connectivity index (χ3v) is 4.34. The van der Waals surface area contributed by atoms with Crippen molar-refractivity contribution in [3.8, 4) is 0 Å². The van der Waals surface area contributed by atoms with Gasteiger partial charge in [0, 0.05) is 4.88 Å². The van der Waals surface area contributed by atoms with Crippen LogP contribution in [0.15, 0.2) is 9.85 Å². The first-order valence-electron chi connectivity index (χ1n) is 4.87. The summed E-state index contributed by atoms with van der Waals surface area (Å²) in [6.07, 6.45) is 0. The highest BCUT2D eigenvalue weighted by Crippen LogP contribution is 2.37. The Balaban J connectivity index is 0.00000289. The van der Waals surface area contributed by atoms with Crippen molar-refractivity contribution in [1.82, 2.24) is 0 Å². The third-order valence-electron chi connectivity index (χ3n) is 2.12. The van der Waals surface area contributed by atoms with Crippen LogP contribution in [0.25, 0.3) is 0 Å². The van der Waals surface area contributed by atoms with Gasteiger partial charge in [-0.2, -0.15) is 8.78 Å². The number of halogens is 4. The zero-order chi connectivity index (χ0) is 13.2. The highest BCUT2D eigenvalue weighted by atomic mass is 79.9. The number of ether oxygens (including phenoxy) is 1. The Morgan fingerprint density at radius 1 is 1.67 bits per heavy atom. The van der Waals surface area contributed by atoms with E-state index in [0.29, 0.717) is 0 Å². The van der Waals surface area contributed by atoms with Gasteiger partial charge in [-0.15, -0.1) is 23.7 Å². The van der Waals surface area contributed by atoms with Crippen LogP contribution in [0.3, 0.4) is 0 Å². The molecular weight excluding hydrogens is 352 g/mol. The van der Waals surface area contributed by atoms with Gasteiger partial charge in [-0.3, -0.25) is 0 Å². The molecule has 0 radical (unpaired) electrons. The van der Waals surface area contributed by atoms with Gasteiger partial charge in [0.1, 0.15) is 6.04 Å². The molecule has 0 aliphatic carbocycles. The van der Waals surface area contributed by atoms with Crippen molar-refractivity contribution in [2.45, 2.75) is 25.8 Å². The molecule has 1 rings (SSSR count). The second-order valence-corrected chi connectivity index (χ2v) is 5.83. The van der Waals surface area contributed by atoms with Gasteiger partial charge in [-0.1, -0.05) is 0 Å². The van der Waals surface area contributed by atoms with E-state index >= 15 is 0 Å². The van der Waals surface area contributed by atoms with Gasteiger partial charge in [0.25, 0.3) is 0 Å². The number of rotatable bonds is 4. The summed E-state index contributed by atoms with van der Waals surface area (Å²) < 4.78 is 32.3. The average molecular weight is 365 g/mol. The number of esters is 1. The summed E-state index contributed by atoms with van der Waals surface area (Å²) in [5.74, 6) is -5.30. The number of thiophene rings is 1. The lowest BCUT2D eigenvalue weighted by molar-refractivity contribution is -0.174. The highest BCUT2D eigenvalue weighted by molar-refractivity contribution is 9.11. The fourth-order valence-corrected chi connectivity index (χ4v) is 2.78. The number of hydrogen-bond donors (Lipinski definition) is 1. The summed E-state index contributed by atoms with van der Waals surface area (Å²) in [7, 11) is 0. The lowest BCUT2D eigenvalue weighted by Gasteiger charge is -2.20. The predicted molar refractivity (Wildman–Crippen MR) is 72.5 cm³/mol. The summed E-state index contributed by atoms with van der Waals surface area (Å²) in [5.41, 5.74) is 6.23. The number of aryl methyl sites for hydroxylation is 1. The molecule has 8 heteroatoms. The molecule has 18 heavy (non-hydrogen) atoms. The molecule has 1 aromatic heterocycles. The molecule has 0 saturated heterocycles. The van der Waals surface area contributed by atoms with Gasteiger partial charge in [0.2, 0.25) is 0 Å². The molecule has 104 valence electrons. The van der Waals surface area contributed by atoms with Gasteiger partial charge in [0.05, 0.1) is 10.4 Å². The molecule has 0 aromatic carbocycles.